The molecular weight excluding hydrogens is 266 g/mol. The summed E-state index contributed by atoms with van der Waals surface area (Å²) in [7, 11) is 0. The number of hydrogen-bond acceptors (Lipinski definition) is 2. The Morgan fingerprint density at radius 3 is 2.24 bits per heavy atom. The van der Waals surface area contributed by atoms with Crippen molar-refractivity contribution in [3.8, 4) is 0 Å². The third kappa shape index (κ3) is 5.10. The van der Waals surface area contributed by atoms with Gasteiger partial charge in [-0.25, -0.2) is 4.79 Å². The van der Waals surface area contributed by atoms with E-state index in [1.165, 1.54) is 0 Å². The average Bonchev–Trinajstić information content (AvgIpc) is 2.31. The highest BCUT2D eigenvalue weighted by Crippen LogP contribution is 2.27. The Hall–Kier alpha value is -2.04. The zero-order chi connectivity index (χ0) is 16.2. The minimum absolute atomic E-state index is 0.0432. The Morgan fingerprint density at radius 1 is 1.10 bits per heavy atom. The zero-order valence-corrected chi connectivity index (χ0v) is 13.6. The van der Waals surface area contributed by atoms with E-state index in [4.69, 9.17) is 0 Å². The molecule has 0 aliphatic carbocycles. The van der Waals surface area contributed by atoms with E-state index >= 15 is 0 Å². The number of para-hydroxylation sites is 1. The first-order chi connectivity index (χ1) is 9.61. The fourth-order valence-electron chi connectivity index (χ4n) is 1.66. The third-order valence-electron chi connectivity index (χ3n) is 2.86. The molecule has 0 aliphatic rings. The summed E-state index contributed by atoms with van der Waals surface area (Å²) in [5.41, 5.74) is 1.61. The van der Waals surface area contributed by atoms with Gasteiger partial charge in [0, 0.05) is 11.5 Å². The number of rotatable bonds is 3. The van der Waals surface area contributed by atoms with Crippen LogP contribution in [0.5, 0.6) is 0 Å². The molecule has 0 aromatic heterocycles. The lowest BCUT2D eigenvalue weighted by molar-refractivity contribution is -0.123. The summed E-state index contributed by atoms with van der Waals surface area (Å²) in [4.78, 5) is 24.0. The lowest BCUT2D eigenvalue weighted by Gasteiger charge is -2.21. The molecule has 0 saturated heterocycles. The molecule has 0 atom stereocenters. The number of benzene rings is 1. The molecule has 1 rings (SSSR count). The van der Waals surface area contributed by atoms with Gasteiger partial charge in [0.05, 0.1) is 11.4 Å². The van der Waals surface area contributed by atoms with Crippen molar-refractivity contribution in [1.82, 2.24) is 5.32 Å². The second kappa shape index (κ2) is 6.61. The molecule has 0 bridgehead atoms. The predicted octanol–water partition coefficient (Wildman–Crippen LogP) is 3.51. The van der Waals surface area contributed by atoms with Crippen molar-refractivity contribution in [3.63, 3.8) is 0 Å². The molecule has 0 spiro atoms. The van der Waals surface area contributed by atoms with Gasteiger partial charge in [0.1, 0.15) is 0 Å². The van der Waals surface area contributed by atoms with Crippen LogP contribution in [0.4, 0.5) is 16.2 Å². The van der Waals surface area contributed by atoms with E-state index in [1.807, 2.05) is 53.7 Å². The summed E-state index contributed by atoms with van der Waals surface area (Å²) in [6.07, 6.45) is 0. The van der Waals surface area contributed by atoms with Gasteiger partial charge >= 0.3 is 6.03 Å². The molecule has 0 radical (unpaired) electrons. The first kappa shape index (κ1) is 17.0. The fraction of sp³-hybridized carbons (Fsp3) is 0.500. The van der Waals surface area contributed by atoms with Gasteiger partial charge in [-0.3, -0.25) is 4.79 Å². The predicted molar refractivity (Wildman–Crippen MR) is 86.6 cm³/mol. The molecular formula is C16H25N3O2. The van der Waals surface area contributed by atoms with Gasteiger partial charge in [-0.15, -0.1) is 0 Å². The number of nitrogens with one attached hydrogen (secondary N) is 3. The van der Waals surface area contributed by atoms with Gasteiger partial charge in [-0.05, 0) is 32.4 Å². The average molecular weight is 291 g/mol. The molecule has 0 heterocycles. The topological polar surface area (TPSA) is 70.2 Å². The van der Waals surface area contributed by atoms with Crippen LogP contribution in [-0.2, 0) is 4.79 Å². The van der Waals surface area contributed by atoms with E-state index in [0.717, 1.165) is 5.56 Å². The van der Waals surface area contributed by atoms with Crippen molar-refractivity contribution in [3.05, 3.63) is 23.8 Å². The monoisotopic (exact) mass is 291 g/mol. The van der Waals surface area contributed by atoms with Gasteiger partial charge in [0.25, 0.3) is 0 Å². The molecule has 0 unspecified atom stereocenters. The maximum atomic E-state index is 12.1. The second-order valence-electron chi connectivity index (χ2n) is 6.45. The van der Waals surface area contributed by atoms with Crippen molar-refractivity contribution in [2.24, 2.45) is 5.41 Å². The van der Waals surface area contributed by atoms with Crippen LogP contribution < -0.4 is 16.0 Å². The molecule has 0 fully saturated rings. The van der Waals surface area contributed by atoms with Crippen LogP contribution in [-0.4, -0.2) is 18.0 Å². The van der Waals surface area contributed by atoms with Crippen LogP contribution >= 0.6 is 0 Å². The largest absolute Gasteiger partial charge is 0.336 e. The maximum Gasteiger partial charge on any atom is 0.319 e. The molecule has 1 aromatic rings. The number of carbonyl (C=O) groups is 2. The number of hydrogen-bond donors (Lipinski definition) is 3. The van der Waals surface area contributed by atoms with Crippen LogP contribution in [0.25, 0.3) is 0 Å². The van der Waals surface area contributed by atoms with Crippen molar-refractivity contribution >= 4 is 23.3 Å². The molecule has 3 N–H and O–H groups in total. The molecule has 3 amide bonds. The SMILES string of the molecule is Cc1cccc(NC(=O)C(C)(C)C)c1NC(=O)NC(C)C. The highest BCUT2D eigenvalue weighted by Gasteiger charge is 2.22. The van der Waals surface area contributed by atoms with E-state index in [9.17, 15) is 9.59 Å². The minimum atomic E-state index is -0.499. The van der Waals surface area contributed by atoms with Crippen molar-refractivity contribution < 1.29 is 9.59 Å². The smallest absolute Gasteiger partial charge is 0.319 e. The van der Waals surface area contributed by atoms with Gasteiger partial charge in [-0.2, -0.15) is 0 Å². The van der Waals surface area contributed by atoms with E-state index in [-0.39, 0.29) is 18.0 Å². The quantitative estimate of drug-likeness (QED) is 0.797. The molecule has 5 heteroatoms. The summed E-state index contributed by atoms with van der Waals surface area (Å²) >= 11 is 0. The number of aryl methyl sites for hydroxylation is 1. The Kier molecular flexibility index (Phi) is 5.35. The van der Waals surface area contributed by atoms with Crippen molar-refractivity contribution in [1.29, 1.82) is 0 Å². The molecule has 116 valence electrons. The van der Waals surface area contributed by atoms with Crippen LogP contribution in [0.3, 0.4) is 0 Å². The Balaban J connectivity index is 2.98. The van der Waals surface area contributed by atoms with Crippen LogP contribution in [0.2, 0.25) is 0 Å². The number of urea groups is 1. The van der Waals surface area contributed by atoms with E-state index in [1.54, 1.807) is 6.07 Å². The van der Waals surface area contributed by atoms with E-state index in [0.29, 0.717) is 11.4 Å². The standard InChI is InChI=1S/C16H25N3O2/c1-10(2)17-15(21)19-13-11(3)8-7-9-12(13)18-14(20)16(4,5)6/h7-10H,1-6H3,(H,18,20)(H2,17,19,21). The minimum Gasteiger partial charge on any atom is -0.336 e. The van der Waals surface area contributed by atoms with Gasteiger partial charge < -0.3 is 16.0 Å². The van der Waals surface area contributed by atoms with E-state index < -0.39 is 5.41 Å². The summed E-state index contributed by atoms with van der Waals surface area (Å²) in [6.45, 7) is 11.2. The number of carbonyl (C=O) groups excluding carboxylic acids is 2. The van der Waals surface area contributed by atoms with Gasteiger partial charge in [0.15, 0.2) is 0 Å². The molecule has 1 aromatic carbocycles. The van der Waals surface area contributed by atoms with E-state index in [2.05, 4.69) is 16.0 Å². The summed E-state index contributed by atoms with van der Waals surface area (Å²) in [5, 5.41) is 8.44. The first-order valence-corrected chi connectivity index (χ1v) is 7.10. The highest BCUT2D eigenvalue weighted by atomic mass is 16.2. The Labute approximate surface area is 126 Å². The Bertz CT molecular complexity index is 531. The molecule has 0 aliphatic heterocycles. The lowest BCUT2D eigenvalue weighted by atomic mass is 9.95. The molecule has 0 saturated carbocycles. The molecule has 21 heavy (non-hydrogen) atoms. The van der Waals surface area contributed by atoms with Gasteiger partial charge in [0.2, 0.25) is 5.91 Å². The van der Waals surface area contributed by atoms with Crippen molar-refractivity contribution in [2.45, 2.75) is 47.6 Å². The third-order valence-corrected chi connectivity index (χ3v) is 2.86. The summed E-state index contributed by atoms with van der Waals surface area (Å²) in [6, 6.07) is 5.27. The fourth-order valence-corrected chi connectivity index (χ4v) is 1.66. The summed E-state index contributed by atoms with van der Waals surface area (Å²) in [5.74, 6) is -0.0968. The van der Waals surface area contributed by atoms with Crippen LogP contribution in [0.1, 0.15) is 40.2 Å². The van der Waals surface area contributed by atoms with Crippen LogP contribution in [0.15, 0.2) is 18.2 Å². The highest BCUT2D eigenvalue weighted by molar-refractivity contribution is 6.01. The zero-order valence-electron chi connectivity index (χ0n) is 13.6. The van der Waals surface area contributed by atoms with Crippen molar-refractivity contribution in [2.75, 3.05) is 10.6 Å². The van der Waals surface area contributed by atoms with Crippen LogP contribution in [0, 0.1) is 12.3 Å². The molecule has 5 nitrogen and oxygen atoms in total. The maximum absolute atomic E-state index is 12.1. The summed E-state index contributed by atoms with van der Waals surface area (Å²) < 4.78 is 0. The number of amides is 3. The first-order valence-electron chi connectivity index (χ1n) is 7.10. The Morgan fingerprint density at radius 2 is 1.71 bits per heavy atom. The normalized spacial score (nSPS) is 11.2. The number of anilines is 2. The lowest BCUT2D eigenvalue weighted by Crippen LogP contribution is -2.35. The van der Waals surface area contributed by atoms with Gasteiger partial charge in [-0.1, -0.05) is 32.9 Å². The second-order valence-corrected chi connectivity index (χ2v) is 6.45.